The molecule has 30 heavy (non-hydrogen) atoms. The number of halogens is 1. The second-order valence-electron chi connectivity index (χ2n) is 10.5. The highest BCUT2D eigenvalue weighted by Crippen LogP contribution is 2.47. The van der Waals surface area contributed by atoms with E-state index in [9.17, 15) is 0 Å². The second kappa shape index (κ2) is 10.6. The largest absolute Gasteiger partial charge is 0.378 e. The van der Waals surface area contributed by atoms with Gasteiger partial charge in [-0.15, -0.1) is 0 Å². The molecule has 2 heteroatoms. The summed E-state index contributed by atoms with van der Waals surface area (Å²) < 4.78 is 21.1. The van der Waals surface area contributed by atoms with E-state index in [4.69, 9.17) is 4.74 Å². The fourth-order valence-electron chi connectivity index (χ4n) is 6.80. The molecule has 0 aromatic heterocycles. The Hall–Kier alpha value is -0.890. The molecule has 3 aliphatic rings. The van der Waals surface area contributed by atoms with Crippen molar-refractivity contribution in [3.05, 3.63) is 34.6 Å². The Morgan fingerprint density at radius 3 is 2.60 bits per heavy atom. The van der Waals surface area contributed by atoms with Crippen LogP contribution in [0.5, 0.6) is 0 Å². The zero-order valence-corrected chi connectivity index (χ0v) is 19.4. The maximum atomic E-state index is 15.2. The van der Waals surface area contributed by atoms with E-state index in [1.54, 1.807) is 0 Å². The molecule has 168 valence electrons. The Morgan fingerprint density at radius 2 is 1.77 bits per heavy atom. The molecule has 0 aliphatic heterocycles. The van der Waals surface area contributed by atoms with Crippen LogP contribution in [-0.2, 0) is 17.6 Å². The molecule has 0 bridgehead atoms. The molecular formula is C28H43FO. The van der Waals surface area contributed by atoms with Gasteiger partial charge in [0.25, 0.3) is 0 Å². The molecule has 2 saturated carbocycles. The van der Waals surface area contributed by atoms with Gasteiger partial charge in [-0.3, -0.25) is 0 Å². The summed E-state index contributed by atoms with van der Waals surface area (Å²) in [6, 6.07) is 4.33. The molecule has 0 radical (unpaired) electrons. The van der Waals surface area contributed by atoms with Crippen molar-refractivity contribution in [1.29, 1.82) is 0 Å². The van der Waals surface area contributed by atoms with Crippen LogP contribution in [0.4, 0.5) is 4.39 Å². The first-order valence-corrected chi connectivity index (χ1v) is 13.1. The first-order chi connectivity index (χ1) is 14.7. The van der Waals surface area contributed by atoms with E-state index in [0.717, 1.165) is 36.8 Å². The van der Waals surface area contributed by atoms with E-state index in [0.29, 0.717) is 17.9 Å². The summed E-state index contributed by atoms with van der Waals surface area (Å²) in [5.41, 5.74) is 3.69. The molecule has 0 N–H and O–H groups in total. The van der Waals surface area contributed by atoms with Gasteiger partial charge < -0.3 is 4.74 Å². The highest BCUT2D eigenvalue weighted by molar-refractivity contribution is 5.37. The van der Waals surface area contributed by atoms with E-state index in [2.05, 4.69) is 19.9 Å². The van der Waals surface area contributed by atoms with Crippen LogP contribution in [-0.4, -0.2) is 12.7 Å². The van der Waals surface area contributed by atoms with E-state index in [1.807, 2.05) is 6.07 Å². The molecule has 5 unspecified atom stereocenters. The third kappa shape index (κ3) is 5.29. The summed E-state index contributed by atoms with van der Waals surface area (Å²) in [4.78, 5) is 0. The molecule has 1 aromatic rings. The molecular weight excluding hydrogens is 371 g/mol. The molecule has 1 aromatic carbocycles. The number of ether oxygens (including phenoxy) is 1. The van der Waals surface area contributed by atoms with Gasteiger partial charge in [0, 0.05) is 6.61 Å². The molecule has 0 amide bonds. The van der Waals surface area contributed by atoms with Crippen molar-refractivity contribution in [3.8, 4) is 0 Å². The average molecular weight is 415 g/mol. The van der Waals surface area contributed by atoms with Crippen LogP contribution < -0.4 is 0 Å². The Balaban J connectivity index is 1.36. The van der Waals surface area contributed by atoms with Crippen LogP contribution in [0.15, 0.2) is 12.1 Å². The van der Waals surface area contributed by atoms with Crippen molar-refractivity contribution in [2.45, 2.75) is 116 Å². The lowest BCUT2D eigenvalue weighted by molar-refractivity contribution is -0.00956. The summed E-state index contributed by atoms with van der Waals surface area (Å²) in [7, 11) is 0. The molecule has 5 atom stereocenters. The normalized spacial score (nSPS) is 31.2. The lowest BCUT2D eigenvalue weighted by Gasteiger charge is -2.42. The van der Waals surface area contributed by atoms with Gasteiger partial charge in [0.15, 0.2) is 0 Å². The third-order valence-corrected chi connectivity index (χ3v) is 8.53. The van der Waals surface area contributed by atoms with Gasteiger partial charge in [0.1, 0.15) is 5.82 Å². The first-order valence-electron chi connectivity index (χ1n) is 13.1. The highest BCUT2D eigenvalue weighted by Gasteiger charge is 2.36. The van der Waals surface area contributed by atoms with Crippen molar-refractivity contribution >= 4 is 0 Å². The van der Waals surface area contributed by atoms with Crippen LogP contribution in [0.25, 0.3) is 0 Å². The number of unbranched alkanes of at least 4 members (excludes halogenated alkanes) is 3. The van der Waals surface area contributed by atoms with Crippen LogP contribution >= 0.6 is 0 Å². The van der Waals surface area contributed by atoms with Crippen molar-refractivity contribution in [1.82, 2.24) is 0 Å². The predicted octanol–water partition coefficient (Wildman–Crippen LogP) is 7.99. The summed E-state index contributed by atoms with van der Waals surface area (Å²) in [6.45, 7) is 5.23. The van der Waals surface area contributed by atoms with Gasteiger partial charge in [0.2, 0.25) is 0 Å². The number of benzene rings is 1. The Labute approximate surface area is 184 Å². The first kappa shape index (κ1) is 22.3. The van der Waals surface area contributed by atoms with Gasteiger partial charge in [-0.25, -0.2) is 4.39 Å². The number of hydrogen-bond acceptors (Lipinski definition) is 1. The smallest absolute Gasteiger partial charge is 0.126 e. The van der Waals surface area contributed by atoms with E-state index >= 15 is 4.39 Å². The lowest BCUT2D eigenvalue weighted by Crippen LogP contribution is -2.33. The Bertz CT molecular complexity index is 683. The summed E-state index contributed by atoms with van der Waals surface area (Å²) in [5, 5.41) is 0. The predicted molar refractivity (Wildman–Crippen MR) is 124 cm³/mol. The van der Waals surface area contributed by atoms with E-state index in [1.165, 1.54) is 88.2 Å². The standard InChI is InChI=1S/C28H43FO/c1-3-5-6-7-8-20-9-10-24-17-25(19-28(29)27(24)15-20)22-11-12-23-18-26(30-4-2)14-13-21(23)16-22/h17,19-23,26H,3-16,18H2,1-2H3. The van der Waals surface area contributed by atoms with E-state index in [-0.39, 0.29) is 5.82 Å². The van der Waals surface area contributed by atoms with Gasteiger partial charge in [-0.2, -0.15) is 0 Å². The quantitative estimate of drug-likeness (QED) is 0.392. The van der Waals surface area contributed by atoms with Crippen molar-refractivity contribution in [2.24, 2.45) is 17.8 Å². The fourth-order valence-corrected chi connectivity index (χ4v) is 6.80. The minimum absolute atomic E-state index is 0.0999. The van der Waals surface area contributed by atoms with Gasteiger partial charge in [-0.05, 0) is 111 Å². The van der Waals surface area contributed by atoms with Gasteiger partial charge in [-0.1, -0.05) is 45.1 Å². The van der Waals surface area contributed by atoms with Gasteiger partial charge >= 0.3 is 0 Å². The number of rotatable bonds is 8. The Morgan fingerprint density at radius 1 is 0.933 bits per heavy atom. The van der Waals surface area contributed by atoms with Crippen LogP contribution in [0.1, 0.15) is 114 Å². The average Bonchev–Trinajstić information content (AvgIpc) is 2.77. The van der Waals surface area contributed by atoms with Gasteiger partial charge in [0.05, 0.1) is 6.10 Å². The number of aryl methyl sites for hydroxylation is 1. The van der Waals surface area contributed by atoms with Crippen LogP contribution in [0, 0.1) is 23.6 Å². The molecule has 2 fully saturated rings. The second-order valence-corrected chi connectivity index (χ2v) is 10.5. The highest BCUT2D eigenvalue weighted by atomic mass is 19.1. The summed E-state index contributed by atoms with van der Waals surface area (Å²) >= 11 is 0. The molecule has 0 saturated heterocycles. The number of hydrogen-bond donors (Lipinski definition) is 0. The van der Waals surface area contributed by atoms with Crippen LogP contribution in [0.2, 0.25) is 0 Å². The topological polar surface area (TPSA) is 9.23 Å². The third-order valence-electron chi connectivity index (χ3n) is 8.53. The Kier molecular flexibility index (Phi) is 7.90. The number of fused-ring (bicyclic) bond motifs is 2. The maximum Gasteiger partial charge on any atom is 0.126 e. The van der Waals surface area contributed by atoms with Crippen molar-refractivity contribution < 1.29 is 9.13 Å². The van der Waals surface area contributed by atoms with Crippen molar-refractivity contribution in [3.63, 3.8) is 0 Å². The molecule has 0 heterocycles. The van der Waals surface area contributed by atoms with E-state index < -0.39 is 0 Å². The molecule has 3 aliphatic carbocycles. The molecule has 0 spiro atoms. The maximum absolute atomic E-state index is 15.2. The fraction of sp³-hybridized carbons (Fsp3) is 0.786. The van der Waals surface area contributed by atoms with Crippen LogP contribution in [0.3, 0.4) is 0 Å². The molecule has 4 rings (SSSR count). The minimum Gasteiger partial charge on any atom is -0.378 e. The lowest BCUT2D eigenvalue weighted by atomic mass is 9.65. The monoisotopic (exact) mass is 414 g/mol. The summed E-state index contributed by atoms with van der Waals surface area (Å²) in [6.07, 6.45) is 18.0. The van der Waals surface area contributed by atoms with Crippen molar-refractivity contribution in [2.75, 3.05) is 6.61 Å². The molecule has 1 nitrogen and oxygen atoms in total. The zero-order valence-electron chi connectivity index (χ0n) is 19.4. The summed E-state index contributed by atoms with van der Waals surface area (Å²) in [5.74, 6) is 3.03. The SMILES string of the molecule is CCCCCCC1CCc2cc(C3CCC4CC(OCC)CCC4C3)cc(F)c2C1. The zero-order chi connectivity index (χ0) is 20.9. The minimum atomic E-state index is 0.0999.